The van der Waals surface area contributed by atoms with Crippen molar-refractivity contribution in [3.8, 4) is 0 Å². The van der Waals surface area contributed by atoms with Crippen LogP contribution in [0.4, 0.5) is 0 Å². The second kappa shape index (κ2) is 5.85. The van der Waals surface area contributed by atoms with Crippen LogP contribution in [0.5, 0.6) is 0 Å². The molecule has 23 heavy (non-hydrogen) atoms. The van der Waals surface area contributed by atoms with Crippen molar-refractivity contribution in [2.75, 3.05) is 13.1 Å². The van der Waals surface area contributed by atoms with Crippen molar-refractivity contribution in [2.24, 2.45) is 7.05 Å². The van der Waals surface area contributed by atoms with Crippen LogP contribution in [0.15, 0.2) is 41.1 Å². The number of benzene rings is 1. The van der Waals surface area contributed by atoms with Gasteiger partial charge < -0.3 is 8.98 Å². The molecule has 1 aromatic carbocycles. The number of hydrogen-bond acceptors (Lipinski definition) is 3. The summed E-state index contributed by atoms with van der Waals surface area (Å²) in [4.78, 5) is 7.05. The van der Waals surface area contributed by atoms with Crippen molar-refractivity contribution >= 4 is 11.0 Å². The minimum atomic E-state index is 0.522. The number of likely N-dealkylation sites (tertiary alicyclic amines) is 1. The number of piperidine rings is 1. The van der Waals surface area contributed by atoms with Crippen LogP contribution < -0.4 is 0 Å². The van der Waals surface area contributed by atoms with Crippen LogP contribution in [0.1, 0.15) is 35.9 Å². The Morgan fingerprint density at radius 1 is 1.30 bits per heavy atom. The number of aromatic nitrogens is 2. The van der Waals surface area contributed by atoms with E-state index in [1.54, 1.807) is 0 Å². The molecule has 0 N–H and O–H groups in total. The van der Waals surface area contributed by atoms with E-state index in [4.69, 9.17) is 4.42 Å². The first-order valence-electron chi connectivity index (χ1n) is 8.39. The normalized spacial score (nSPS) is 19.5. The molecule has 3 heterocycles. The smallest absolute Gasteiger partial charge is 0.134 e. The molecule has 0 spiro atoms. The van der Waals surface area contributed by atoms with E-state index in [0.717, 1.165) is 31.0 Å². The molecule has 0 aliphatic carbocycles. The van der Waals surface area contributed by atoms with E-state index in [9.17, 15) is 0 Å². The van der Waals surface area contributed by atoms with Crippen molar-refractivity contribution in [1.82, 2.24) is 14.5 Å². The number of nitrogens with zero attached hydrogens (tertiary/aromatic N) is 3. The summed E-state index contributed by atoms with van der Waals surface area (Å²) in [7, 11) is 2.09. The second-order valence-electron chi connectivity index (χ2n) is 6.62. The van der Waals surface area contributed by atoms with Gasteiger partial charge in [0.2, 0.25) is 0 Å². The van der Waals surface area contributed by atoms with Gasteiger partial charge in [0.05, 0.1) is 6.54 Å². The zero-order chi connectivity index (χ0) is 15.8. The number of aryl methyl sites for hydroxylation is 2. The third-order valence-corrected chi connectivity index (χ3v) is 5.04. The molecule has 1 atom stereocenters. The average molecular weight is 309 g/mol. The summed E-state index contributed by atoms with van der Waals surface area (Å²) in [6, 6.07) is 8.31. The molecular weight excluding hydrogens is 286 g/mol. The Morgan fingerprint density at radius 2 is 2.17 bits per heavy atom. The van der Waals surface area contributed by atoms with Crippen molar-refractivity contribution in [2.45, 2.75) is 32.2 Å². The van der Waals surface area contributed by atoms with E-state index >= 15 is 0 Å². The van der Waals surface area contributed by atoms with Gasteiger partial charge in [-0.05, 0) is 37.9 Å². The van der Waals surface area contributed by atoms with E-state index in [0.29, 0.717) is 5.92 Å². The molecule has 1 aliphatic rings. The second-order valence-corrected chi connectivity index (χ2v) is 6.62. The molecule has 1 fully saturated rings. The van der Waals surface area contributed by atoms with Crippen LogP contribution in [0, 0.1) is 6.92 Å². The summed E-state index contributed by atoms with van der Waals surface area (Å²) < 4.78 is 8.24. The highest BCUT2D eigenvalue weighted by atomic mass is 16.3. The van der Waals surface area contributed by atoms with Crippen LogP contribution in [0.25, 0.3) is 11.0 Å². The molecule has 0 radical (unpaired) electrons. The van der Waals surface area contributed by atoms with E-state index in [1.807, 2.05) is 18.5 Å². The Balaban J connectivity index is 1.54. The lowest BCUT2D eigenvalue weighted by atomic mass is 9.97. The lowest BCUT2D eigenvalue weighted by Crippen LogP contribution is -2.34. The minimum absolute atomic E-state index is 0.522. The highest BCUT2D eigenvalue weighted by Gasteiger charge is 2.25. The van der Waals surface area contributed by atoms with Crippen LogP contribution in [-0.2, 0) is 13.6 Å². The Kier molecular flexibility index (Phi) is 3.69. The maximum atomic E-state index is 6.09. The Labute approximate surface area is 136 Å². The number of rotatable bonds is 3. The summed E-state index contributed by atoms with van der Waals surface area (Å²) in [5, 5.41) is 1.24. The largest absolute Gasteiger partial charge is 0.459 e. The van der Waals surface area contributed by atoms with Gasteiger partial charge in [0.1, 0.15) is 17.2 Å². The zero-order valence-corrected chi connectivity index (χ0v) is 13.8. The van der Waals surface area contributed by atoms with Crippen LogP contribution in [0.3, 0.4) is 0 Å². The van der Waals surface area contributed by atoms with Gasteiger partial charge in [-0.2, -0.15) is 0 Å². The SMILES string of the molecule is Cc1c(CN2CCCC(c3nccn3C)C2)oc2ccccc12. The van der Waals surface area contributed by atoms with Gasteiger partial charge in [0, 0.05) is 37.3 Å². The molecule has 4 rings (SSSR count). The monoisotopic (exact) mass is 309 g/mol. The van der Waals surface area contributed by atoms with E-state index < -0.39 is 0 Å². The van der Waals surface area contributed by atoms with Crippen LogP contribution in [-0.4, -0.2) is 27.5 Å². The molecule has 1 saturated heterocycles. The first-order chi connectivity index (χ1) is 11.2. The lowest BCUT2D eigenvalue weighted by Gasteiger charge is -2.31. The molecular formula is C19H23N3O. The van der Waals surface area contributed by atoms with Crippen LogP contribution >= 0.6 is 0 Å². The van der Waals surface area contributed by atoms with Crippen molar-refractivity contribution in [1.29, 1.82) is 0 Å². The van der Waals surface area contributed by atoms with Crippen molar-refractivity contribution in [3.05, 3.63) is 53.8 Å². The number of fused-ring (bicyclic) bond motifs is 1. The molecule has 2 aromatic heterocycles. The highest BCUT2D eigenvalue weighted by molar-refractivity contribution is 5.81. The standard InChI is InChI=1S/C19H23N3O/c1-14-16-7-3-4-8-17(16)23-18(14)13-22-10-5-6-15(12-22)19-20-9-11-21(19)2/h3-4,7-9,11,15H,5-6,10,12-13H2,1-2H3. The van der Waals surface area contributed by atoms with Crippen molar-refractivity contribution < 1.29 is 4.42 Å². The third-order valence-electron chi connectivity index (χ3n) is 5.04. The number of furan rings is 1. The molecule has 4 nitrogen and oxygen atoms in total. The zero-order valence-electron chi connectivity index (χ0n) is 13.8. The van der Waals surface area contributed by atoms with E-state index in [1.165, 1.54) is 29.6 Å². The third kappa shape index (κ3) is 2.68. The van der Waals surface area contributed by atoms with Crippen LogP contribution in [0.2, 0.25) is 0 Å². The molecule has 0 saturated carbocycles. The van der Waals surface area contributed by atoms with Gasteiger partial charge in [-0.1, -0.05) is 18.2 Å². The predicted molar refractivity (Wildman–Crippen MR) is 91.4 cm³/mol. The first-order valence-corrected chi connectivity index (χ1v) is 8.39. The number of imidazole rings is 1. The van der Waals surface area contributed by atoms with Gasteiger partial charge in [-0.15, -0.1) is 0 Å². The van der Waals surface area contributed by atoms with E-state index in [2.05, 4.69) is 46.6 Å². The predicted octanol–water partition coefficient (Wildman–Crippen LogP) is 3.85. The summed E-state index contributed by atoms with van der Waals surface area (Å²) in [6.07, 6.45) is 6.38. The maximum Gasteiger partial charge on any atom is 0.134 e. The molecule has 3 aromatic rings. The first kappa shape index (κ1) is 14.5. The van der Waals surface area contributed by atoms with Gasteiger partial charge in [0.25, 0.3) is 0 Å². The molecule has 120 valence electrons. The average Bonchev–Trinajstić information content (AvgIpc) is 3.12. The topological polar surface area (TPSA) is 34.2 Å². The molecule has 4 heteroatoms. The molecule has 1 aliphatic heterocycles. The van der Waals surface area contributed by atoms with E-state index in [-0.39, 0.29) is 0 Å². The fraction of sp³-hybridized carbons (Fsp3) is 0.421. The summed E-state index contributed by atoms with van der Waals surface area (Å²) in [5.74, 6) is 2.83. The Morgan fingerprint density at radius 3 is 2.96 bits per heavy atom. The Bertz CT molecular complexity index is 817. The number of para-hydroxylation sites is 1. The van der Waals surface area contributed by atoms with Gasteiger partial charge >= 0.3 is 0 Å². The fourth-order valence-corrected chi connectivity index (χ4v) is 3.76. The van der Waals surface area contributed by atoms with Gasteiger partial charge in [-0.25, -0.2) is 4.98 Å². The quantitative estimate of drug-likeness (QED) is 0.737. The molecule has 0 amide bonds. The Hall–Kier alpha value is -2.07. The number of hydrogen-bond donors (Lipinski definition) is 0. The van der Waals surface area contributed by atoms with Gasteiger partial charge in [-0.3, -0.25) is 4.90 Å². The summed E-state index contributed by atoms with van der Waals surface area (Å²) >= 11 is 0. The molecule has 1 unspecified atom stereocenters. The maximum absolute atomic E-state index is 6.09. The van der Waals surface area contributed by atoms with Crippen molar-refractivity contribution in [3.63, 3.8) is 0 Å². The summed E-state index contributed by atoms with van der Waals surface area (Å²) in [5.41, 5.74) is 2.28. The fourth-order valence-electron chi connectivity index (χ4n) is 3.76. The highest BCUT2D eigenvalue weighted by Crippen LogP contribution is 2.29. The minimum Gasteiger partial charge on any atom is -0.459 e. The lowest BCUT2D eigenvalue weighted by molar-refractivity contribution is 0.183. The molecule has 0 bridgehead atoms. The summed E-state index contributed by atoms with van der Waals surface area (Å²) in [6.45, 7) is 5.25. The van der Waals surface area contributed by atoms with Gasteiger partial charge in [0.15, 0.2) is 0 Å².